The average molecular weight is 326 g/mol. The Morgan fingerprint density at radius 1 is 1.18 bits per heavy atom. The lowest BCUT2D eigenvalue weighted by molar-refractivity contribution is 0.991. The highest BCUT2D eigenvalue weighted by Gasteiger charge is 2.16. The number of imidazole rings is 1. The molecule has 0 bridgehead atoms. The summed E-state index contributed by atoms with van der Waals surface area (Å²) in [6.07, 6.45) is 0.875. The minimum Gasteiger partial charge on any atom is -0.340 e. The van der Waals surface area contributed by atoms with Crippen LogP contribution in [0.4, 0.5) is 0 Å². The van der Waals surface area contributed by atoms with E-state index in [0.29, 0.717) is 0 Å². The summed E-state index contributed by atoms with van der Waals surface area (Å²) in [6, 6.07) is 6.30. The van der Waals surface area contributed by atoms with Gasteiger partial charge in [-0.05, 0) is 19.1 Å². The normalized spacial score (nSPS) is 11.4. The zero-order chi connectivity index (χ0) is 15.1. The molecule has 0 aliphatic carbocycles. The molecule has 0 unspecified atom stereocenters. The van der Waals surface area contributed by atoms with Crippen molar-refractivity contribution in [2.75, 3.05) is 0 Å². The Hall–Kier alpha value is -2.05. The van der Waals surface area contributed by atoms with Crippen molar-refractivity contribution in [2.45, 2.75) is 20.3 Å². The summed E-state index contributed by atoms with van der Waals surface area (Å²) in [6.45, 7) is 4.12. The van der Waals surface area contributed by atoms with Crippen LogP contribution in [-0.2, 0) is 6.42 Å². The van der Waals surface area contributed by atoms with Gasteiger partial charge in [0, 0.05) is 23.1 Å². The smallest absolute Gasteiger partial charge is 0.142 e. The topological polar surface area (TPSA) is 54.5 Å². The fraction of sp³-hybridized carbons (Fsp3) is 0.188. The number of rotatable bonds is 3. The van der Waals surface area contributed by atoms with Crippen molar-refractivity contribution in [2.24, 2.45) is 0 Å². The van der Waals surface area contributed by atoms with E-state index in [9.17, 15) is 0 Å². The van der Waals surface area contributed by atoms with E-state index in [2.05, 4.69) is 45.5 Å². The molecule has 0 aliphatic rings. The van der Waals surface area contributed by atoms with Crippen LogP contribution in [0.1, 0.15) is 18.4 Å². The predicted molar refractivity (Wildman–Crippen MR) is 92.4 cm³/mol. The number of benzene rings is 1. The van der Waals surface area contributed by atoms with E-state index in [-0.39, 0.29) is 0 Å². The van der Waals surface area contributed by atoms with Crippen LogP contribution < -0.4 is 0 Å². The van der Waals surface area contributed by atoms with Gasteiger partial charge in [-0.15, -0.1) is 22.7 Å². The van der Waals surface area contributed by atoms with E-state index in [1.54, 1.807) is 22.7 Å². The predicted octanol–water partition coefficient (Wildman–Crippen LogP) is 4.68. The Balaban J connectivity index is 1.91. The highest BCUT2D eigenvalue weighted by Crippen LogP contribution is 2.34. The van der Waals surface area contributed by atoms with Gasteiger partial charge in [0.25, 0.3) is 0 Å². The maximum Gasteiger partial charge on any atom is 0.142 e. The molecule has 22 heavy (non-hydrogen) atoms. The van der Waals surface area contributed by atoms with Gasteiger partial charge in [-0.25, -0.2) is 15.0 Å². The summed E-state index contributed by atoms with van der Waals surface area (Å²) >= 11 is 3.30. The molecule has 0 aliphatic heterocycles. The van der Waals surface area contributed by atoms with Crippen LogP contribution in [0.15, 0.2) is 29.1 Å². The van der Waals surface area contributed by atoms with E-state index in [0.717, 1.165) is 45.4 Å². The third-order valence-electron chi connectivity index (χ3n) is 3.53. The number of thiazole rings is 2. The third-order valence-corrected chi connectivity index (χ3v) is 5.29. The molecule has 0 spiro atoms. The Morgan fingerprint density at radius 3 is 2.86 bits per heavy atom. The van der Waals surface area contributed by atoms with Gasteiger partial charge in [-0.3, -0.25) is 0 Å². The van der Waals surface area contributed by atoms with E-state index >= 15 is 0 Å². The first-order valence-corrected chi connectivity index (χ1v) is 8.85. The van der Waals surface area contributed by atoms with Gasteiger partial charge in [-0.2, -0.15) is 0 Å². The van der Waals surface area contributed by atoms with Crippen molar-refractivity contribution in [3.8, 4) is 22.0 Å². The number of fused-ring (bicyclic) bond motifs is 1. The number of aromatic amines is 1. The van der Waals surface area contributed by atoms with Gasteiger partial charge >= 0.3 is 0 Å². The van der Waals surface area contributed by atoms with Gasteiger partial charge in [0.15, 0.2) is 0 Å². The van der Waals surface area contributed by atoms with Crippen molar-refractivity contribution < 1.29 is 0 Å². The number of aromatic nitrogens is 4. The molecule has 0 fully saturated rings. The lowest BCUT2D eigenvalue weighted by Gasteiger charge is -2.00. The van der Waals surface area contributed by atoms with Crippen LogP contribution in [0.5, 0.6) is 0 Å². The number of aryl methyl sites for hydroxylation is 2. The molecular weight excluding hydrogens is 312 g/mol. The van der Waals surface area contributed by atoms with E-state index < -0.39 is 0 Å². The average Bonchev–Trinajstić information content (AvgIpc) is 3.24. The van der Waals surface area contributed by atoms with Crippen LogP contribution in [0, 0.1) is 6.92 Å². The second kappa shape index (κ2) is 5.30. The molecule has 1 N–H and O–H groups in total. The molecule has 4 nitrogen and oxygen atoms in total. The van der Waals surface area contributed by atoms with Crippen LogP contribution >= 0.6 is 22.7 Å². The highest BCUT2D eigenvalue weighted by molar-refractivity contribution is 7.16. The van der Waals surface area contributed by atoms with Gasteiger partial charge < -0.3 is 4.98 Å². The number of H-pyrrole nitrogens is 1. The lowest BCUT2D eigenvalue weighted by Crippen LogP contribution is -1.84. The van der Waals surface area contributed by atoms with Crippen LogP contribution in [0.25, 0.3) is 32.2 Å². The molecule has 1 aromatic carbocycles. The number of hydrogen-bond donors (Lipinski definition) is 1. The molecule has 110 valence electrons. The maximum atomic E-state index is 4.77. The molecule has 4 rings (SSSR count). The van der Waals surface area contributed by atoms with Crippen molar-refractivity contribution >= 4 is 32.9 Å². The van der Waals surface area contributed by atoms with E-state index in [1.165, 1.54) is 4.70 Å². The summed E-state index contributed by atoms with van der Waals surface area (Å²) in [7, 11) is 0. The second-order valence-electron chi connectivity index (χ2n) is 5.09. The van der Waals surface area contributed by atoms with Crippen molar-refractivity contribution in [1.82, 2.24) is 19.9 Å². The maximum absolute atomic E-state index is 4.77. The molecule has 4 aromatic rings. The molecule has 3 aromatic heterocycles. The first-order chi connectivity index (χ1) is 10.7. The quantitative estimate of drug-likeness (QED) is 0.594. The van der Waals surface area contributed by atoms with Gasteiger partial charge in [-0.1, -0.05) is 13.0 Å². The molecular formula is C16H14N4S2. The molecule has 0 saturated carbocycles. The van der Waals surface area contributed by atoms with Crippen molar-refractivity contribution in [1.29, 1.82) is 0 Å². The van der Waals surface area contributed by atoms with E-state index in [4.69, 9.17) is 4.98 Å². The summed E-state index contributed by atoms with van der Waals surface area (Å²) in [4.78, 5) is 17.1. The Kier molecular flexibility index (Phi) is 3.28. The molecule has 0 radical (unpaired) electrons. The molecule has 0 atom stereocenters. The SMILES string of the molecule is CCc1nc(-c2ccc3ncsc3c2)c(-c2nc(C)cs2)[nH]1. The molecule has 0 amide bonds. The summed E-state index contributed by atoms with van der Waals surface area (Å²) < 4.78 is 1.18. The van der Waals surface area contributed by atoms with E-state index in [1.807, 2.05) is 12.4 Å². The fourth-order valence-corrected chi connectivity index (χ4v) is 3.94. The first-order valence-electron chi connectivity index (χ1n) is 7.09. The van der Waals surface area contributed by atoms with Gasteiger partial charge in [0.1, 0.15) is 16.5 Å². The van der Waals surface area contributed by atoms with Crippen LogP contribution in [-0.4, -0.2) is 19.9 Å². The van der Waals surface area contributed by atoms with Crippen molar-refractivity contribution in [3.05, 3.63) is 40.6 Å². The van der Waals surface area contributed by atoms with Crippen LogP contribution in [0.3, 0.4) is 0 Å². The first kappa shape index (κ1) is 13.6. The third kappa shape index (κ3) is 2.24. The summed E-state index contributed by atoms with van der Waals surface area (Å²) in [5, 5.41) is 3.06. The lowest BCUT2D eigenvalue weighted by atomic mass is 10.1. The summed E-state index contributed by atoms with van der Waals surface area (Å²) in [5.74, 6) is 0.988. The molecule has 0 saturated heterocycles. The number of nitrogens with zero attached hydrogens (tertiary/aromatic N) is 3. The Morgan fingerprint density at radius 2 is 2.09 bits per heavy atom. The van der Waals surface area contributed by atoms with Gasteiger partial charge in [0.05, 0.1) is 21.4 Å². The summed E-state index contributed by atoms with van der Waals surface area (Å²) in [5.41, 5.74) is 7.04. The standard InChI is InChI=1S/C16H14N4S2/c1-3-13-19-14(15(20-13)16-18-9(2)7-21-16)10-4-5-11-12(6-10)22-8-17-11/h4-8H,3H2,1-2H3,(H,19,20). The zero-order valence-electron chi connectivity index (χ0n) is 12.3. The minimum atomic E-state index is 0.875. The highest BCUT2D eigenvalue weighted by atomic mass is 32.1. The fourth-order valence-electron chi connectivity index (χ4n) is 2.42. The Bertz CT molecular complexity index is 948. The minimum absolute atomic E-state index is 0.875. The number of nitrogens with one attached hydrogen (secondary N) is 1. The Labute approximate surface area is 135 Å². The van der Waals surface area contributed by atoms with Crippen LogP contribution in [0.2, 0.25) is 0 Å². The zero-order valence-corrected chi connectivity index (χ0v) is 13.9. The van der Waals surface area contributed by atoms with Crippen molar-refractivity contribution in [3.63, 3.8) is 0 Å². The molecule has 6 heteroatoms. The largest absolute Gasteiger partial charge is 0.340 e. The number of hydrogen-bond acceptors (Lipinski definition) is 5. The van der Waals surface area contributed by atoms with Gasteiger partial charge in [0.2, 0.25) is 0 Å². The monoisotopic (exact) mass is 326 g/mol. The second-order valence-corrected chi connectivity index (χ2v) is 6.83. The molecule has 3 heterocycles.